The van der Waals surface area contributed by atoms with Gasteiger partial charge in [-0.05, 0) is 60.7 Å². The summed E-state index contributed by atoms with van der Waals surface area (Å²) < 4.78 is 17.0. The van der Waals surface area contributed by atoms with Gasteiger partial charge in [-0.2, -0.15) is 0 Å². The van der Waals surface area contributed by atoms with Crippen molar-refractivity contribution < 1.29 is 23.8 Å². The lowest BCUT2D eigenvalue weighted by Crippen LogP contribution is -2.43. The largest absolute Gasteiger partial charge is 0.493 e. The lowest BCUT2D eigenvalue weighted by Gasteiger charge is -2.29. The number of thioether (sulfide) groups is 1. The minimum absolute atomic E-state index is 0.192. The lowest BCUT2D eigenvalue weighted by atomic mass is 10.0. The molecule has 2 unspecified atom stereocenters. The predicted molar refractivity (Wildman–Crippen MR) is 151 cm³/mol. The first-order valence-corrected chi connectivity index (χ1v) is 14.1. The summed E-state index contributed by atoms with van der Waals surface area (Å²) in [6, 6.07) is 22.6. The number of hydrogen-bond acceptors (Lipinski definition) is 6. The summed E-state index contributed by atoms with van der Waals surface area (Å²) in [5, 5.41) is -0.373. The molecule has 3 aromatic rings. The van der Waals surface area contributed by atoms with E-state index in [1.54, 1.807) is 30.7 Å². The van der Waals surface area contributed by atoms with Gasteiger partial charge in [0.25, 0.3) is 5.91 Å². The Hall–Kier alpha value is -3.45. The van der Waals surface area contributed by atoms with Crippen LogP contribution in [0.25, 0.3) is 0 Å². The summed E-state index contributed by atoms with van der Waals surface area (Å²) in [5.41, 5.74) is 3.66. The van der Waals surface area contributed by atoms with E-state index in [0.29, 0.717) is 29.4 Å². The zero-order valence-corrected chi connectivity index (χ0v) is 23.0. The molecule has 1 amide bonds. The highest BCUT2D eigenvalue weighted by molar-refractivity contribution is 7.99. The van der Waals surface area contributed by atoms with Crippen LogP contribution in [-0.4, -0.2) is 42.3 Å². The van der Waals surface area contributed by atoms with Crippen LogP contribution >= 0.6 is 11.8 Å². The number of aryl methyl sites for hydroxylation is 1. The lowest BCUT2D eigenvalue weighted by molar-refractivity contribution is -0.147. The summed E-state index contributed by atoms with van der Waals surface area (Å²) in [5.74, 6) is 1.07. The van der Waals surface area contributed by atoms with Crippen LogP contribution in [0.15, 0.2) is 72.8 Å². The van der Waals surface area contributed by atoms with Gasteiger partial charge < -0.3 is 19.1 Å². The summed E-state index contributed by atoms with van der Waals surface area (Å²) >= 11 is 1.55. The van der Waals surface area contributed by atoms with Gasteiger partial charge in [0, 0.05) is 11.3 Å². The van der Waals surface area contributed by atoms with Crippen molar-refractivity contribution >= 4 is 23.6 Å². The zero-order chi connectivity index (χ0) is 26.9. The van der Waals surface area contributed by atoms with Crippen LogP contribution < -0.4 is 9.47 Å². The van der Waals surface area contributed by atoms with Gasteiger partial charge in [0.2, 0.25) is 0 Å². The van der Waals surface area contributed by atoms with Gasteiger partial charge in [-0.25, -0.2) is 4.79 Å². The van der Waals surface area contributed by atoms with Gasteiger partial charge in [-0.3, -0.25) is 4.79 Å². The van der Waals surface area contributed by atoms with Crippen molar-refractivity contribution in [2.45, 2.75) is 51.1 Å². The van der Waals surface area contributed by atoms with E-state index in [4.69, 9.17) is 14.2 Å². The Kier molecular flexibility index (Phi) is 9.71. The molecule has 0 bridgehead atoms. The molecule has 6 nitrogen and oxygen atoms in total. The molecule has 0 saturated carbocycles. The molecule has 0 spiro atoms. The molecule has 1 heterocycles. The van der Waals surface area contributed by atoms with Crippen LogP contribution in [0.1, 0.15) is 59.1 Å². The maximum absolute atomic E-state index is 13.8. The summed E-state index contributed by atoms with van der Waals surface area (Å²) in [6.07, 6.45) is 3.21. The molecule has 7 heteroatoms. The molecule has 200 valence electrons. The van der Waals surface area contributed by atoms with E-state index >= 15 is 0 Å². The average Bonchev–Trinajstić information content (AvgIpc) is 3.41. The van der Waals surface area contributed by atoms with Crippen molar-refractivity contribution in [3.05, 3.63) is 95.1 Å². The van der Waals surface area contributed by atoms with Crippen molar-refractivity contribution in [2.75, 3.05) is 19.5 Å². The second-order valence-electron chi connectivity index (χ2n) is 9.15. The van der Waals surface area contributed by atoms with E-state index in [2.05, 4.69) is 6.92 Å². The molecular weight excluding hydrogens is 498 g/mol. The molecule has 38 heavy (non-hydrogen) atoms. The van der Waals surface area contributed by atoms with Crippen LogP contribution in [0.4, 0.5) is 0 Å². The zero-order valence-electron chi connectivity index (χ0n) is 22.2. The molecule has 0 aliphatic carbocycles. The third kappa shape index (κ3) is 6.51. The molecular formula is C31H35NO5S. The van der Waals surface area contributed by atoms with E-state index in [0.717, 1.165) is 30.4 Å². The molecule has 0 aromatic heterocycles. The number of amides is 1. The highest BCUT2D eigenvalue weighted by atomic mass is 32.2. The number of carbonyl (C=O) groups excluding carboxylic acids is 2. The summed E-state index contributed by atoms with van der Waals surface area (Å²) in [6.45, 7) is 4.59. The van der Waals surface area contributed by atoms with Crippen LogP contribution in [0.3, 0.4) is 0 Å². The van der Waals surface area contributed by atoms with Gasteiger partial charge in [0.1, 0.15) is 18.0 Å². The van der Waals surface area contributed by atoms with E-state index in [1.165, 1.54) is 5.56 Å². The fraction of sp³-hybridized carbons (Fsp3) is 0.355. The molecule has 1 fully saturated rings. The predicted octanol–water partition coefficient (Wildman–Crippen LogP) is 6.44. The molecule has 1 aliphatic heterocycles. The Morgan fingerprint density at radius 2 is 1.71 bits per heavy atom. The number of unbranched alkanes of at least 4 members (excludes halogenated alkanes) is 1. The second kappa shape index (κ2) is 13.4. The third-order valence-electron chi connectivity index (χ3n) is 6.52. The molecule has 0 N–H and O–H groups in total. The fourth-order valence-electron chi connectivity index (χ4n) is 4.47. The van der Waals surface area contributed by atoms with Crippen LogP contribution in [0, 0.1) is 0 Å². The van der Waals surface area contributed by atoms with E-state index in [-0.39, 0.29) is 23.9 Å². The van der Waals surface area contributed by atoms with E-state index in [9.17, 15) is 9.59 Å². The first kappa shape index (κ1) is 27.6. The summed E-state index contributed by atoms with van der Waals surface area (Å²) in [7, 11) is 1.60. The third-order valence-corrected chi connectivity index (χ3v) is 7.85. The molecule has 2 atom stereocenters. The van der Waals surface area contributed by atoms with Crippen molar-refractivity contribution in [1.82, 2.24) is 4.90 Å². The molecule has 1 aliphatic rings. The SMILES string of the molecule is CCCCc1ccc(C(=O)N2C(C(=O)OCC)CSC2c2ccc(OC)c(OCc3ccccc3)c2)cc1. The Morgan fingerprint density at radius 3 is 2.39 bits per heavy atom. The Balaban J connectivity index is 1.62. The average molecular weight is 534 g/mol. The van der Waals surface area contributed by atoms with Gasteiger partial charge in [0.15, 0.2) is 11.5 Å². The molecule has 3 aromatic carbocycles. The number of methoxy groups -OCH3 is 1. The smallest absolute Gasteiger partial charge is 0.329 e. The quantitative estimate of drug-likeness (QED) is 0.265. The highest BCUT2D eigenvalue weighted by Gasteiger charge is 2.43. The normalized spacial score (nSPS) is 16.8. The highest BCUT2D eigenvalue weighted by Crippen LogP contribution is 2.44. The fourth-order valence-corrected chi connectivity index (χ4v) is 5.87. The van der Waals surface area contributed by atoms with Crippen molar-refractivity contribution in [3.8, 4) is 11.5 Å². The standard InChI is InChI=1S/C31H35NO5S/c1-4-6-10-22-13-15-24(16-14-22)29(33)32-26(31(34)36-5-2)21-38-30(32)25-17-18-27(35-3)28(19-25)37-20-23-11-8-7-9-12-23/h7-9,11-19,26,30H,4-6,10,20-21H2,1-3H3. The number of rotatable bonds is 11. The van der Waals surface area contributed by atoms with E-state index < -0.39 is 6.04 Å². The number of esters is 1. The van der Waals surface area contributed by atoms with E-state index in [1.807, 2.05) is 72.8 Å². The van der Waals surface area contributed by atoms with Crippen molar-refractivity contribution in [2.24, 2.45) is 0 Å². The summed E-state index contributed by atoms with van der Waals surface area (Å²) in [4.78, 5) is 28.4. The Morgan fingerprint density at radius 1 is 0.947 bits per heavy atom. The Labute approximate surface area is 229 Å². The van der Waals surface area contributed by atoms with Gasteiger partial charge in [0.05, 0.1) is 13.7 Å². The number of ether oxygens (including phenoxy) is 3. The number of carbonyl (C=O) groups is 2. The first-order chi connectivity index (χ1) is 18.5. The van der Waals surface area contributed by atoms with Gasteiger partial charge >= 0.3 is 5.97 Å². The maximum Gasteiger partial charge on any atom is 0.329 e. The maximum atomic E-state index is 13.8. The second-order valence-corrected chi connectivity index (χ2v) is 10.3. The monoisotopic (exact) mass is 533 g/mol. The van der Waals surface area contributed by atoms with Crippen molar-refractivity contribution in [1.29, 1.82) is 0 Å². The number of nitrogens with zero attached hydrogens (tertiary/aromatic N) is 1. The minimum atomic E-state index is -0.673. The van der Waals surface area contributed by atoms with Gasteiger partial charge in [-0.1, -0.05) is 61.9 Å². The first-order valence-electron chi connectivity index (χ1n) is 13.1. The van der Waals surface area contributed by atoms with Crippen LogP contribution in [0.2, 0.25) is 0 Å². The van der Waals surface area contributed by atoms with Crippen molar-refractivity contribution in [3.63, 3.8) is 0 Å². The number of hydrogen-bond donors (Lipinski definition) is 0. The molecule has 1 saturated heterocycles. The topological polar surface area (TPSA) is 65.1 Å². The van der Waals surface area contributed by atoms with Crippen LogP contribution in [-0.2, 0) is 22.6 Å². The molecule has 0 radical (unpaired) electrons. The van der Waals surface area contributed by atoms with Gasteiger partial charge in [-0.15, -0.1) is 11.8 Å². The molecule has 4 rings (SSSR count). The Bertz CT molecular complexity index is 1210. The van der Waals surface area contributed by atoms with Crippen LogP contribution in [0.5, 0.6) is 11.5 Å². The minimum Gasteiger partial charge on any atom is -0.493 e. The number of benzene rings is 3.